The zero-order valence-electron chi connectivity index (χ0n) is 34.5. The molecule has 0 atom stereocenters. The van der Waals surface area contributed by atoms with Crippen LogP contribution in [0.2, 0.25) is 0 Å². The van der Waals surface area contributed by atoms with Gasteiger partial charge in [-0.05, 0) is 82.9 Å². The van der Waals surface area contributed by atoms with E-state index in [9.17, 15) is 0 Å². The summed E-state index contributed by atoms with van der Waals surface area (Å²) in [6.45, 7) is 7.69. The second-order valence-electron chi connectivity index (χ2n) is 15.9. The van der Waals surface area contributed by atoms with Gasteiger partial charge in [0.1, 0.15) is 0 Å². The first-order valence-electron chi connectivity index (χ1n) is 21.3. The van der Waals surface area contributed by atoms with Gasteiger partial charge in [-0.2, -0.15) is 0 Å². The van der Waals surface area contributed by atoms with E-state index in [4.69, 9.17) is 21.5 Å². The number of hydrogen-bond acceptors (Lipinski definition) is 3. The average Bonchev–Trinajstić information content (AvgIpc) is 3.89. The lowest BCUT2D eigenvalue weighted by molar-refractivity contribution is 1.06. The Labute approximate surface area is 369 Å². The maximum atomic E-state index is 7.69. The van der Waals surface area contributed by atoms with Crippen LogP contribution in [-0.4, -0.2) is 24.1 Å². The fourth-order valence-corrected chi connectivity index (χ4v) is 9.19. The SMILES string of the molecule is [C-]#[N+]c1cccc(-c2ccc3c4ccccc4n(-c4ccc(-c5ccc6c(c5)c5ccccc5n6-c5ccccc5)cc4-c4nc(-c5ccccc5)nc(-c5ccccc5)n4)c3c2)c1. The van der Waals surface area contributed by atoms with Gasteiger partial charge in [0.25, 0.3) is 0 Å². The molecule has 12 aromatic rings. The lowest BCUT2D eigenvalue weighted by Crippen LogP contribution is -2.04. The summed E-state index contributed by atoms with van der Waals surface area (Å²) in [5.41, 5.74) is 13.9. The predicted octanol–water partition coefficient (Wildman–Crippen LogP) is 15.0. The van der Waals surface area contributed by atoms with Crippen molar-refractivity contribution in [3.63, 3.8) is 0 Å². The molecule has 12 rings (SSSR count). The molecule has 0 aliphatic heterocycles. The van der Waals surface area contributed by atoms with Gasteiger partial charge in [0.05, 0.1) is 34.3 Å². The van der Waals surface area contributed by atoms with Crippen molar-refractivity contribution in [3.8, 4) is 67.8 Å². The summed E-state index contributed by atoms with van der Waals surface area (Å²) in [4.78, 5) is 19.4. The molecule has 0 bridgehead atoms. The highest BCUT2D eigenvalue weighted by Gasteiger charge is 2.22. The molecule has 3 aromatic heterocycles. The molecule has 9 aromatic carbocycles. The number of nitrogens with zero attached hydrogens (tertiary/aromatic N) is 6. The van der Waals surface area contributed by atoms with Gasteiger partial charge in [-0.3, -0.25) is 0 Å². The molecule has 298 valence electrons. The third-order valence-corrected chi connectivity index (χ3v) is 12.2. The minimum Gasteiger partial charge on any atom is -0.309 e. The van der Waals surface area contributed by atoms with Gasteiger partial charge in [0.15, 0.2) is 23.2 Å². The maximum absolute atomic E-state index is 7.69. The topological polar surface area (TPSA) is 52.9 Å². The normalized spacial score (nSPS) is 11.4. The van der Waals surface area contributed by atoms with Crippen molar-refractivity contribution in [1.82, 2.24) is 24.1 Å². The Morgan fingerprint density at radius 1 is 0.328 bits per heavy atom. The quantitative estimate of drug-likeness (QED) is 0.151. The second-order valence-corrected chi connectivity index (χ2v) is 15.9. The van der Waals surface area contributed by atoms with E-state index in [2.05, 4.69) is 154 Å². The zero-order chi connectivity index (χ0) is 42.6. The van der Waals surface area contributed by atoms with Crippen LogP contribution in [-0.2, 0) is 0 Å². The smallest absolute Gasteiger partial charge is 0.187 e. The first kappa shape index (κ1) is 36.9. The predicted molar refractivity (Wildman–Crippen MR) is 262 cm³/mol. The summed E-state index contributed by atoms with van der Waals surface area (Å²) in [5.74, 6) is 1.76. The van der Waals surface area contributed by atoms with Crippen LogP contribution in [0.3, 0.4) is 0 Å². The standard InChI is InChI=1S/C58H36N6/c1-59-44-21-15-20-40(34-44)43-28-31-48-46-24-11-14-27-52(46)64(55(48)37-43)54-33-30-42(41-29-32-53-49(35-41)47-25-12-13-26-51(47)63(53)45-22-9-4-10-23-45)36-50(54)58-61-56(38-16-5-2-6-17-38)60-57(62-58)39-18-7-3-8-19-39/h2-37H. The Morgan fingerprint density at radius 3 is 1.53 bits per heavy atom. The molecule has 0 saturated carbocycles. The summed E-state index contributed by atoms with van der Waals surface area (Å²) in [6.07, 6.45) is 0. The van der Waals surface area contributed by atoms with Crippen molar-refractivity contribution in [2.24, 2.45) is 0 Å². The first-order valence-corrected chi connectivity index (χ1v) is 21.3. The molecule has 0 saturated heterocycles. The highest BCUT2D eigenvalue weighted by atomic mass is 15.1. The van der Waals surface area contributed by atoms with Gasteiger partial charge < -0.3 is 9.13 Å². The molecule has 0 aliphatic carbocycles. The van der Waals surface area contributed by atoms with Crippen LogP contribution in [0.5, 0.6) is 0 Å². The summed E-state index contributed by atoms with van der Waals surface area (Å²) >= 11 is 0. The molecular weight excluding hydrogens is 781 g/mol. The Bertz CT molecular complexity index is 3730. The second kappa shape index (κ2) is 15.2. The Hall–Kier alpha value is -8.92. The number of hydrogen-bond donors (Lipinski definition) is 0. The maximum Gasteiger partial charge on any atom is 0.187 e. The van der Waals surface area contributed by atoms with Crippen molar-refractivity contribution in [1.29, 1.82) is 0 Å². The number of fused-ring (bicyclic) bond motifs is 6. The fourth-order valence-electron chi connectivity index (χ4n) is 9.19. The molecule has 0 amide bonds. The summed E-state index contributed by atoms with van der Waals surface area (Å²) in [5, 5.41) is 4.64. The third-order valence-electron chi connectivity index (χ3n) is 12.2. The monoisotopic (exact) mass is 816 g/mol. The molecule has 0 radical (unpaired) electrons. The molecule has 0 aliphatic rings. The van der Waals surface area contributed by atoms with Gasteiger partial charge in [0.2, 0.25) is 0 Å². The van der Waals surface area contributed by atoms with Gasteiger partial charge in [-0.15, -0.1) is 0 Å². The van der Waals surface area contributed by atoms with Crippen molar-refractivity contribution < 1.29 is 0 Å². The molecule has 6 heteroatoms. The first-order chi connectivity index (χ1) is 31.7. The van der Waals surface area contributed by atoms with E-state index >= 15 is 0 Å². The molecule has 0 N–H and O–H groups in total. The van der Waals surface area contributed by atoms with E-state index < -0.39 is 0 Å². The van der Waals surface area contributed by atoms with Crippen LogP contribution in [0.4, 0.5) is 5.69 Å². The Balaban J connectivity index is 1.14. The van der Waals surface area contributed by atoms with Crippen molar-refractivity contribution in [3.05, 3.63) is 230 Å². The lowest BCUT2D eigenvalue weighted by Gasteiger charge is -2.17. The van der Waals surface area contributed by atoms with Crippen molar-refractivity contribution in [2.75, 3.05) is 0 Å². The Morgan fingerprint density at radius 2 is 0.828 bits per heavy atom. The van der Waals surface area contributed by atoms with Crippen LogP contribution in [0.25, 0.3) is 116 Å². The van der Waals surface area contributed by atoms with Crippen LogP contribution >= 0.6 is 0 Å². The van der Waals surface area contributed by atoms with Gasteiger partial charge >= 0.3 is 0 Å². The molecule has 3 heterocycles. The zero-order valence-corrected chi connectivity index (χ0v) is 34.5. The van der Waals surface area contributed by atoms with E-state index in [1.54, 1.807) is 0 Å². The number of rotatable bonds is 7. The molecule has 0 spiro atoms. The number of benzene rings is 9. The van der Waals surface area contributed by atoms with E-state index in [0.717, 1.165) is 83.2 Å². The summed E-state index contributed by atoms with van der Waals surface area (Å²) < 4.78 is 4.69. The fraction of sp³-hybridized carbons (Fsp3) is 0. The van der Waals surface area contributed by atoms with Gasteiger partial charge in [-0.1, -0.05) is 158 Å². The van der Waals surface area contributed by atoms with E-state index in [1.807, 2.05) is 78.9 Å². The van der Waals surface area contributed by atoms with E-state index in [1.165, 1.54) is 10.8 Å². The summed E-state index contributed by atoms with van der Waals surface area (Å²) in [7, 11) is 0. The molecular formula is C58H36N6. The Kier molecular flexibility index (Phi) is 8.77. The molecule has 6 nitrogen and oxygen atoms in total. The van der Waals surface area contributed by atoms with Gasteiger partial charge in [0, 0.05) is 43.9 Å². The minimum atomic E-state index is 0.568. The summed E-state index contributed by atoms with van der Waals surface area (Å²) in [6, 6.07) is 75.9. The number of para-hydroxylation sites is 3. The number of aromatic nitrogens is 5. The molecule has 64 heavy (non-hydrogen) atoms. The third kappa shape index (κ3) is 6.22. The van der Waals surface area contributed by atoms with Crippen molar-refractivity contribution >= 4 is 49.3 Å². The lowest BCUT2D eigenvalue weighted by atomic mass is 9.99. The van der Waals surface area contributed by atoms with Gasteiger partial charge in [-0.25, -0.2) is 19.8 Å². The van der Waals surface area contributed by atoms with Crippen LogP contribution in [0.1, 0.15) is 0 Å². The van der Waals surface area contributed by atoms with E-state index in [-0.39, 0.29) is 0 Å². The van der Waals surface area contributed by atoms with E-state index in [0.29, 0.717) is 23.2 Å². The van der Waals surface area contributed by atoms with Crippen molar-refractivity contribution in [2.45, 2.75) is 0 Å². The average molecular weight is 817 g/mol. The largest absolute Gasteiger partial charge is 0.309 e. The molecule has 0 unspecified atom stereocenters. The highest BCUT2D eigenvalue weighted by Crippen LogP contribution is 2.41. The highest BCUT2D eigenvalue weighted by molar-refractivity contribution is 6.12. The van der Waals surface area contributed by atoms with Crippen LogP contribution in [0, 0.1) is 6.57 Å². The minimum absolute atomic E-state index is 0.568. The van der Waals surface area contributed by atoms with Crippen LogP contribution < -0.4 is 0 Å². The van der Waals surface area contributed by atoms with Crippen LogP contribution in [0.15, 0.2) is 218 Å². The molecule has 0 fully saturated rings.